The van der Waals surface area contributed by atoms with Crippen molar-refractivity contribution >= 4 is 53.9 Å². The Hall–Kier alpha value is -4.14. The number of nitrogens with zero attached hydrogens (tertiary/aromatic N) is 2. The normalized spacial score (nSPS) is 10.8. The van der Waals surface area contributed by atoms with Gasteiger partial charge in [-0.05, 0) is 0 Å². The molecule has 0 saturated heterocycles. The molecule has 0 aliphatic carbocycles. The summed E-state index contributed by atoms with van der Waals surface area (Å²) < 4.78 is 2.67. The molecule has 0 aromatic heterocycles. The van der Waals surface area contributed by atoms with Crippen LogP contribution in [0.15, 0.2) is 97.1 Å². The Morgan fingerprint density at radius 1 is 0.576 bits per heavy atom. The van der Waals surface area contributed by atoms with Gasteiger partial charge in [0.2, 0.25) is 0 Å². The summed E-state index contributed by atoms with van der Waals surface area (Å²) in [5.74, 6) is 0. The summed E-state index contributed by atoms with van der Waals surface area (Å²) in [6, 6.07) is 34.7. The molecule has 0 fully saturated rings. The number of rotatable bonds is 6. The van der Waals surface area contributed by atoms with E-state index in [4.69, 9.17) is 11.8 Å². The van der Waals surface area contributed by atoms with Crippen LogP contribution in [0.4, 0.5) is 5.69 Å². The molecule has 0 unspecified atom stereocenters. The van der Waals surface area contributed by atoms with E-state index in [1.165, 1.54) is 8.92 Å². The number of nitriles is 1. The van der Waals surface area contributed by atoms with Crippen molar-refractivity contribution in [3.05, 3.63) is 136 Å². The van der Waals surface area contributed by atoms with E-state index in [2.05, 4.69) is 83.7 Å². The molecule has 4 aromatic carbocycles. The van der Waals surface area contributed by atoms with Crippen LogP contribution in [0.5, 0.6) is 0 Å². The van der Waals surface area contributed by atoms with Crippen molar-refractivity contribution < 1.29 is 0 Å². The van der Waals surface area contributed by atoms with Crippen LogP contribution >= 0.6 is 0 Å². The van der Waals surface area contributed by atoms with Crippen molar-refractivity contribution in [1.29, 1.82) is 5.26 Å². The van der Waals surface area contributed by atoms with Gasteiger partial charge in [-0.25, -0.2) is 0 Å². The van der Waals surface area contributed by atoms with E-state index in [1.807, 2.05) is 48.5 Å². The summed E-state index contributed by atoms with van der Waals surface area (Å²) >= 11 is 0.257. The van der Waals surface area contributed by atoms with E-state index in [9.17, 15) is 0 Å². The number of hydrogen-bond acceptors (Lipinski definition) is 1. The van der Waals surface area contributed by atoms with Gasteiger partial charge in [-0.1, -0.05) is 0 Å². The topological polar surface area (TPSA) is 28.1 Å². The van der Waals surface area contributed by atoms with Crippen LogP contribution in [-0.2, 0) is 0 Å². The Balaban J connectivity index is 1.34. The molecule has 156 valence electrons. The molecule has 4 rings (SSSR count). The second-order valence-corrected chi connectivity index (χ2v) is 9.75. The Morgan fingerprint density at radius 3 is 1.30 bits per heavy atom. The molecule has 0 N–H and O–H groups in total. The van der Waals surface area contributed by atoms with E-state index in [0.717, 1.165) is 22.3 Å². The Bertz CT molecular complexity index is 1240. The van der Waals surface area contributed by atoms with Gasteiger partial charge in [0.15, 0.2) is 0 Å². The molecule has 0 heterocycles. The van der Waals surface area contributed by atoms with Crippen LogP contribution in [0.3, 0.4) is 0 Å². The first-order valence-corrected chi connectivity index (χ1v) is 12.1. The van der Waals surface area contributed by atoms with E-state index in [-0.39, 0.29) is 15.0 Å². The zero-order valence-corrected chi connectivity index (χ0v) is 19.6. The van der Waals surface area contributed by atoms with Gasteiger partial charge in [0.1, 0.15) is 0 Å². The summed E-state index contributed by atoms with van der Waals surface area (Å²) in [5, 5.41) is 8.89. The first-order chi connectivity index (χ1) is 16.2. The molecule has 0 saturated carbocycles. The van der Waals surface area contributed by atoms with Crippen LogP contribution in [0.1, 0.15) is 27.8 Å². The standard InChI is InChI=1S/C30H20N2Se/c1-32-28-16-10-24(11-17-28)3-5-26-14-20-30(21-15-26)33-29-18-12-25(13-19-29)4-2-23-6-8-27(22-31)9-7-23/h2-21H/b4-2+,5-3+. The monoisotopic (exact) mass is 488 g/mol. The van der Waals surface area contributed by atoms with Crippen molar-refractivity contribution in [3.8, 4) is 6.07 Å². The van der Waals surface area contributed by atoms with Gasteiger partial charge in [0.25, 0.3) is 0 Å². The average Bonchev–Trinajstić information content (AvgIpc) is 2.88. The van der Waals surface area contributed by atoms with Crippen molar-refractivity contribution in [2.24, 2.45) is 0 Å². The van der Waals surface area contributed by atoms with Crippen molar-refractivity contribution in [2.75, 3.05) is 0 Å². The van der Waals surface area contributed by atoms with E-state index < -0.39 is 0 Å². The van der Waals surface area contributed by atoms with E-state index >= 15 is 0 Å². The molecule has 4 aromatic rings. The van der Waals surface area contributed by atoms with Crippen LogP contribution in [0, 0.1) is 17.9 Å². The van der Waals surface area contributed by atoms with Gasteiger partial charge >= 0.3 is 195 Å². The molecule has 0 amide bonds. The number of benzene rings is 4. The predicted octanol–water partition coefficient (Wildman–Crippen LogP) is 6.10. The summed E-state index contributed by atoms with van der Waals surface area (Å²) in [4.78, 5) is 3.42. The van der Waals surface area contributed by atoms with Gasteiger partial charge in [0, 0.05) is 0 Å². The van der Waals surface area contributed by atoms with E-state index in [1.54, 1.807) is 0 Å². The molecule has 0 atom stereocenters. The summed E-state index contributed by atoms with van der Waals surface area (Å²) in [7, 11) is 0. The summed E-state index contributed by atoms with van der Waals surface area (Å²) in [6.07, 6.45) is 8.32. The summed E-state index contributed by atoms with van der Waals surface area (Å²) in [6.45, 7) is 7.02. The van der Waals surface area contributed by atoms with Crippen LogP contribution in [0.25, 0.3) is 29.1 Å². The molecule has 0 aliphatic heterocycles. The first kappa shape index (κ1) is 22.1. The fraction of sp³-hybridized carbons (Fsp3) is 0. The van der Waals surface area contributed by atoms with Crippen LogP contribution in [-0.4, -0.2) is 15.0 Å². The molecule has 33 heavy (non-hydrogen) atoms. The molecule has 0 radical (unpaired) electrons. The second kappa shape index (κ2) is 10.9. The third kappa shape index (κ3) is 6.42. The van der Waals surface area contributed by atoms with Crippen LogP contribution in [0.2, 0.25) is 0 Å². The Kier molecular flexibility index (Phi) is 7.32. The zero-order valence-electron chi connectivity index (χ0n) is 17.8. The summed E-state index contributed by atoms with van der Waals surface area (Å²) in [5.41, 5.74) is 5.82. The van der Waals surface area contributed by atoms with Gasteiger partial charge < -0.3 is 6.57 Å². The Morgan fingerprint density at radius 2 is 0.939 bits per heavy atom. The van der Waals surface area contributed by atoms with Crippen molar-refractivity contribution in [2.45, 2.75) is 0 Å². The third-order valence-corrected chi connectivity index (χ3v) is 7.13. The van der Waals surface area contributed by atoms with Gasteiger partial charge in [-0.15, -0.1) is 0 Å². The fourth-order valence-corrected chi connectivity index (χ4v) is 4.86. The van der Waals surface area contributed by atoms with Crippen molar-refractivity contribution in [3.63, 3.8) is 0 Å². The second-order valence-electron chi connectivity index (χ2n) is 7.34. The Labute approximate surface area is 201 Å². The van der Waals surface area contributed by atoms with Gasteiger partial charge in [0.05, 0.1) is 0 Å². The molecular formula is C30H20N2Se. The number of hydrogen-bond donors (Lipinski definition) is 0. The maximum absolute atomic E-state index is 8.89. The van der Waals surface area contributed by atoms with Crippen LogP contribution < -0.4 is 8.92 Å². The molecule has 0 aliphatic rings. The zero-order chi connectivity index (χ0) is 22.9. The predicted molar refractivity (Wildman–Crippen MR) is 140 cm³/mol. The molecule has 0 bridgehead atoms. The minimum atomic E-state index is 0.257. The SMILES string of the molecule is [C-]#[N+]c1ccc(/C=C/c2ccc([Se]c3ccc(/C=C/c4ccc(C#N)cc4)cc3)cc2)cc1. The molecule has 2 nitrogen and oxygen atoms in total. The molecule has 3 heteroatoms. The quantitative estimate of drug-likeness (QED) is 0.183. The molecule has 0 spiro atoms. The third-order valence-electron chi connectivity index (χ3n) is 4.99. The maximum atomic E-state index is 8.89. The van der Waals surface area contributed by atoms with Crippen molar-refractivity contribution in [1.82, 2.24) is 0 Å². The molecular weight excluding hydrogens is 467 g/mol. The average molecular weight is 487 g/mol. The van der Waals surface area contributed by atoms with Gasteiger partial charge in [-0.3, -0.25) is 0 Å². The minimum absolute atomic E-state index is 0.257. The first-order valence-electron chi connectivity index (χ1n) is 10.4. The van der Waals surface area contributed by atoms with E-state index in [0.29, 0.717) is 11.3 Å². The fourth-order valence-electron chi connectivity index (χ4n) is 3.14. The van der Waals surface area contributed by atoms with Gasteiger partial charge in [-0.2, -0.15) is 0 Å².